The summed E-state index contributed by atoms with van der Waals surface area (Å²) in [5.41, 5.74) is 4.16. The number of carbonyl (C=O) groups excluding carboxylic acids is 1. The molecule has 0 saturated carbocycles. The molecular formula is C26H36N4O5. The molecule has 0 radical (unpaired) electrons. The minimum atomic E-state index is -1.26. The van der Waals surface area contributed by atoms with Crippen molar-refractivity contribution in [2.45, 2.75) is 58.0 Å². The lowest BCUT2D eigenvalue weighted by molar-refractivity contribution is -0.134. The molecule has 9 nitrogen and oxygen atoms in total. The molecule has 1 aliphatic carbocycles. The number of carboxylic acids is 2. The third-order valence-corrected chi connectivity index (χ3v) is 6.83. The van der Waals surface area contributed by atoms with Gasteiger partial charge in [-0.15, -0.1) is 0 Å². The van der Waals surface area contributed by atoms with E-state index in [1.165, 1.54) is 22.0 Å². The fraction of sp³-hybridized carbons (Fsp3) is 0.500. The smallest absolute Gasteiger partial charge is 0.328 e. The predicted molar refractivity (Wildman–Crippen MR) is 135 cm³/mol. The fourth-order valence-electron chi connectivity index (χ4n) is 5.37. The normalized spacial score (nSPS) is 21.2. The zero-order chi connectivity index (χ0) is 25.5. The number of aliphatic carboxylic acids is 2. The Morgan fingerprint density at radius 1 is 1.14 bits per heavy atom. The van der Waals surface area contributed by atoms with Gasteiger partial charge in [-0.3, -0.25) is 4.90 Å². The van der Waals surface area contributed by atoms with Crippen molar-refractivity contribution in [3.05, 3.63) is 47.7 Å². The molecule has 35 heavy (non-hydrogen) atoms. The highest BCUT2D eigenvalue weighted by Crippen LogP contribution is 2.43. The second-order valence-electron chi connectivity index (χ2n) is 9.02. The molecule has 1 fully saturated rings. The van der Waals surface area contributed by atoms with E-state index < -0.39 is 11.9 Å². The first-order valence-corrected chi connectivity index (χ1v) is 12.3. The SMILES string of the molecule is CCCN1C[C@@H](NC(=O)N(CC)CC)CC2c3cccc4[nH]cc(c34)C[C@H]21.O=C(O)/C=C\C(=O)O. The highest BCUT2D eigenvalue weighted by molar-refractivity contribution is 5.90. The summed E-state index contributed by atoms with van der Waals surface area (Å²) in [6, 6.07) is 7.48. The number of hydrogen-bond donors (Lipinski definition) is 4. The Hall–Kier alpha value is -3.33. The molecular weight excluding hydrogens is 448 g/mol. The molecule has 2 heterocycles. The molecule has 3 atom stereocenters. The third kappa shape index (κ3) is 6.22. The van der Waals surface area contributed by atoms with Gasteiger partial charge >= 0.3 is 18.0 Å². The standard InChI is InChI=1S/C22H32N4O.C4H4O4/c1-4-10-26-14-16(24-22(27)25(5-2)6-3)12-18-17-8-7-9-19-21(17)15(13-23-19)11-20(18)26;5-3(6)1-2-4(7)8/h7-9,13,16,18,20,23H,4-6,10-12,14H2,1-3H3,(H,24,27);1-2H,(H,5,6)(H,7,8)/b;2-1-/t16-,18?,20+;/m0./s1. The van der Waals surface area contributed by atoms with Crippen LogP contribution < -0.4 is 5.32 Å². The second kappa shape index (κ2) is 11.9. The van der Waals surface area contributed by atoms with Gasteiger partial charge in [-0.25, -0.2) is 14.4 Å². The van der Waals surface area contributed by atoms with E-state index in [0.717, 1.165) is 45.4 Å². The molecule has 9 heteroatoms. The average molecular weight is 485 g/mol. The number of amides is 2. The molecule has 2 aromatic rings. The Morgan fingerprint density at radius 2 is 1.83 bits per heavy atom. The summed E-state index contributed by atoms with van der Waals surface area (Å²) in [6.07, 6.45) is 6.59. The number of likely N-dealkylation sites (tertiary alicyclic amines) is 1. The lowest BCUT2D eigenvalue weighted by Crippen LogP contribution is -2.57. The topological polar surface area (TPSA) is 126 Å². The number of carboxylic acid groups (broad SMARTS) is 2. The van der Waals surface area contributed by atoms with Gasteiger partial charge in [-0.2, -0.15) is 0 Å². The highest BCUT2D eigenvalue weighted by Gasteiger charge is 2.41. The van der Waals surface area contributed by atoms with Crippen LogP contribution in [-0.2, 0) is 16.0 Å². The lowest BCUT2D eigenvalue weighted by Gasteiger charge is -2.47. The van der Waals surface area contributed by atoms with Crippen molar-refractivity contribution in [1.82, 2.24) is 20.1 Å². The molecule has 0 bridgehead atoms. The van der Waals surface area contributed by atoms with Crippen LogP contribution in [0.4, 0.5) is 4.79 Å². The van der Waals surface area contributed by atoms with Crippen LogP contribution >= 0.6 is 0 Å². The minimum Gasteiger partial charge on any atom is -0.478 e. The van der Waals surface area contributed by atoms with Gasteiger partial charge in [0.05, 0.1) is 0 Å². The number of H-pyrrole nitrogens is 1. The molecule has 4 rings (SSSR count). The van der Waals surface area contributed by atoms with Crippen LogP contribution in [-0.4, -0.2) is 81.2 Å². The van der Waals surface area contributed by atoms with E-state index in [1.807, 2.05) is 18.7 Å². The van der Waals surface area contributed by atoms with Crippen LogP contribution in [0.2, 0.25) is 0 Å². The zero-order valence-electron chi connectivity index (χ0n) is 20.7. The first-order valence-electron chi connectivity index (χ1n) is 12.3. The summed E-state index contributed by atoms with van der Waals surface area (Å²) >= 11 is 0. The van der Waals surface area contributed by atoms with Crippen molar-refractivity contribution in [2.75, 3.05) is 26.2 Å². The van der Waals surface area contributed by atoms with E-state index in [0.29, 0.717) is 24.1 Å². The van der Waals surface area contributed by atoms with Gasteiger partial charge in [0.2, 0.25) is 0 Å². The van der Waals surface area contributed by atoms with Crippen LogP contribution in [0.25, 0.3) is 10.9 Å². The molecule has 0 spiro atoms. The second-order valence-corrected chi connectivity index (χ2v) is 9.02. The summed E-state index contributed by atoms with van der Waals surface area (Å²) in [5.74, 6) is -2.03. The average Bonchev–Trinajstić information content (AvgIpc) is 3.24. The van der Waals surface area contributed by atoms with Gasteiger partial charge in [-0.1, -0.05) is 19.1 Å². The fourth-order valence-corrected chi connectivity index (χ4v) is 5.37. The highest BCUT2D eigenvalue weighted by atomic mass is 16.4. The number of hydrogen-bond acceptors (Lipinski definition) is 4. The minimum absolute atomic E-state index is 0.0799. The van der Waals surface area contributed by atoms with Gasteiger partial charge in [0.1, 0.15) is 0 Å². The van der Waals surface area contributed by atoms with E-state index >= 15 is 0 Å². The molecule has 1 aliphatic heterocycles. The van der Waals surface area contributed by atoms with Crippen molar-refractivity contribution < 1.29 is 24.6 Å². The molecule has 2 amide bonds. The van der Waals surface area contributed by atoms with Crippen LogP contribution in [0.3, 0.4) is 0 Å². The molecule has 4 N–H and O–H groups in total. The number of aromatic amines is 1. The first-order chi connectivity index (χ1) is 16.8. The van der Waals surface area contributed by atoms with Crippen molar-refractivity contribution in [3.8, 4) is 0 Å². The number of urea groups is 1. The largest absolute Gasteiger partial charge is 0.478 e. The number of piperidine rings is 1. The van der Waals surface area contributed by atoms with Crippen molar-refractivity contribution in [3.63, 3.8) is 0 Å². The van der Waals surface area contributed by atoms with Gasteiger partial charge in [-0.05, 0) is 56.8 Å². The monoisotopic (exact) mass is 484 g/mol. The van der Waals surface area contributed by atoms with E-state index in [2.05, 4.69) is 46.5 Å². The molecule has 190 valence electrons. The first kappa shape index (κ1) is 26.3. The lowest BCUT2D eigenvalue weighted by atomic mass is 9.74. The van der Waals surface area contributed by atoms with Gasteiger partial charge in [0.25, 0.3) is 0 Å². The Morgan fingerprint density at radius 3 is 2.43 bits per heavy atom. The van der Waals surface area contributed by atoms with Gasteiger partial charge < -0.3 is 25.4 Å². The van der Waals surface area contributed by atoms with Crippen LogP contribution in [0, 0.1) is 0 Å². The number of fused-ring (bicyclic) bond motifs is 2. The van der Waals surface area contributed by atoms with Crippen LogP contribution in [0.15, 0.2) is 36.5 Å². The summed E-state index contributed by atoms with van der Waals surface area (Å²) in [6.45, 7) is 9.89. The number of carbonyl (C=O) groups is 3. The van der Waals surface area contributed by atoms with Crippen LogP contribution in [0.5, 0.6) is 0 Å². The quantitative estimate of drug-likeness (QED) is 0.446. The van der Waals surface area contributed by atoms with Gasteiger partial charge in [0.15, 0.2) is 0 Å². The predicted octanol–water partition coefficient (Wildman–Crippen LogP) is 3.42. The number of nitrogens with zero attached hydrogens (tertiary/aromatic N) is 2. The van der Waals surface area contributed by atoms with Crippen LogP contribution in [0.1, 0.15) is 50.7 Å². The van der Waals surface area contributed by atoms with E-state index in [-0.39, 0.29) is 12.1 Å². The summed E-state index contributed by atoms with van der Waals surface area (Å²) in [4.78, 5) is 39.7. The molecule has 2 aliphatic rings. The van der Waals surface area contributed by atoms with E-state index in [4.69, 9.17) is 10.2 Å². The Balaban J connectivity index is 0.000000371. The Kier molecular flexibility index (Phi) is 8.92. The Labute approximate surface area is 205 Å². The molecule has 1 unspecified atom stereocenters. The summed E-state index contributed by atoms with van der Waals surface area (Å²) < 4.78 is 0. The maximum Gasteiger partial charge on any atom is 0.328 e. The van der Waals surface area contributed by atoms with Crippen molar-refractivity contribution in [1.29, 1.82) is 0 Å². The summed E-state index contributed by atoms with van der Waals surface area (Å²) in [5, 5.41) is 20.4. The molecule has 1 saturated heterocycles. The van der Waals surface area contributed by atoms with E-state index in [9.17, 15) is 14.4 Å². The van der Waals surface area contributed by atoms with Gasteiger partial charge in [0, 0.05) is 66.9 Å². The van der Waals surface area contributed by atoms with Crippen molar-refractivity contribution in [2.24, 2.45) is 0 Å². The summed E-state index contributed by atoms with van der Waals surface area (Å²) in [7, 11) is 0. The van der Waals surface area contributed by atoms with E-state index in [1.54, 1.807) is 0 Å². The number of rotatable bonds is 7. The molecule has 1 aromatic heterocycles. The zero-order valence-corrected chi connectivity index (χ0v) is 20.7. The number of benzene rings is 1. The van der Waals surface area contributed by atoms with Crippen molar-refractivity contribution >= 4 is 28.9 Å². The number of nitrogens with one attached hydrogen (secondary N) is 2. The maximum atomic E-state index is 12.6. The third-order valence-electron chi connectivity index (χ3n) is 6.83. The number of aromatic nitrogens is 1. The molecule has 1 aromatic carbocycles. The Bertz CT molecular complexity index is 1060. The maximum absolute atomic E-state index is 12.6.